The second-order valence-electron chi connectivity index (χ2n) is 6.05. The Morgan fingerprint density at radius 2 is 1.86 bits per heavy atom. The molecule has 0 fully saturated rings. The summed E-state index contributed by atoms with van der Waals surface area (Å²) >= 11 is 0. The van der Waals surface area contributed by atoms with E-state index >= 15 is 0 Å². The van der Waals surface area contributed by atoms with Gasteiger partial charge in [-0.25, -0.2) is 4.79 Å². The second-order valence-corrected chi connectivity index (χ2v) is 6.05. The van der Waals surface area contributed by atoms with E-state index in [2.05, 4.69) is 5.32 Å². The Bertz CT molecular complexity index is 881. The normalized spacial score (nSPS) is 11.3. The number of hydrogen-bond donors (Lipinski definition) is 1. The van der Waals surface area contributed by atoms with Gasteiger partial charge in [0.05, 0.1) is 17.7 Å². The van der Waals surface area contributed by atoms with Crippen molar-refractivity contribution in [3.05, 3.63) is 58.1 Å². The molecule has 154 valence electrons. The van der Waals surface area contributed by atoms with E-state index in [1.54, 1.807) is 12.1 Å². The third-order valence-electron chi connectivity index (χ3n) is 4.02. The van der Waals surface area contributed by atoms with Crippen LogP contribution in [0, 0.1) is 10.1 Å². The van der Waals surface area contributed by atoms with Crippen molar-refractivity contribution < 1.29 is 28.7 Å². The van der Waals surface area contributed by atoms with Crippen molar-refractivity contribution in [3.8, 4) is 11.5 Å². The van der Waals surface area contributed by atoms with Crippen LogP contribution in [0.4, 0.5) is 11.4 Å². The van der Waals surface area contributed by atoms with Crippen LogP contribution in [0.2, 0.25) is 0 Å². The standard InChI is InChI=1S/C20H22N2O7/c1-4-14-5-8-16(9-6-14)28-12-19(23)29-13(2)20(24)21-17-11-15(22(25)26)7-10-18(17)27-3/h5-11,13H,4,12H2,1-3H3,(H,21,24). The molecule has 0 radical (unpaired) electrons. The molecule has 29 heavy (non-hydrogen) atoms. The molecule has 0 aliphatic rings. The number of amides is 1. The Kier molecular flexibility index (Phi) is 7.53. The van der Waals surface area contributed by atoms with Gasteiger partial charge in [-0.15, -0.1) is 0 Å². The summed E-state index contributed by atoms with van der Waals surface area (Å²) in [5.41, 5.74) is 1.02. The average Bonchev–Trinajstić information content (AvgIpc) is 2.72. The number of aryl methyl sites for hydroxylation is 1. The molecule has 1 N–H and O–H groups in total. The molecule has 0 bridgehead atoms. The largest absolute Gasteiger partial charge is 0.495 e. The first-order chi connectivity index (χ1) is 13.8. The third kappa shape index (κ3) is 6.20. The molecule has 0 heterocycles. The molecule has 0 spiro atoms. The number of anilines is 1. The van der Waals surface area contributed by atoms with Crippen molar-refractivity contribution in [2.75, 3.05) is 19.0 Å². The molecule has 0 saturated heterocycles. The number of non-ortho nitro benzene ring substituents is 1. The first kappa shape index (κ1) is 21.7. The lowest BCUT2D eigenvalue weighted by Gasteiger charge is -2.15. The number of rotatable bonds is 9. The van der Waals surface area contributed by atoms with Gasteiger partial charge in [-0.3, -0.25) is 14.9 Å². The van der Waals surface area contributed by atoms with Gasteiger partial charge in [0.25, 0.3) is 11.6 Å². The quantitative estimate of drug-likeness (QED) is 0.389. The fourth-order valence-electron chi connectivity index (χ4n) is 2.39. The Balaban J connectivity index is 1.91. The molecule has 2 aromatic rings. The van der Waals surface area contributed by atoms with Gasteiger partial charge < -0.3 is 19.5 Å². The summed E-state index contributed by atoms with van der Waals surface area (Å²) < 4.78 is 15.5. The topological polar surface area (TPSA) is 117 Å². The van der Waals surface area contributed by atoms with Crippen LogP contribution in [0.3, 0.4) is 0 Å². The van der Waals surface area contributed by atoms with Gasteiger partial charge in [0, 0.05) is 12.1 Å². The van der Waals surface area contributed by atoms with Gasteiger partial charge in [-0.2, -0.15) is 0 Å². The van der Waals surface area contributed by atoms with E-state index in [4.69, 9.17) is 14.2 Å². The summed E-state index contributed by atoms with van der Waals surface area (Å²) in [6.07, 6.45) is -0.248. The fourth-order valence-corrected chi connectivity index (χ4v) is 2.39. The number of ether oxygens (including phenoxy) is 3. The zero-order valence-electron chi connectivity index (χ0n) is 16.3. The Hall–Kier alpha value is -3.62. The van der Waals surface area contributed by atoms with E-state index < -0.39 is 22.9 Å². The third-order valence-corrected chi connectivity index (χ3v) is 4.02. The number of benzene rings is 2. The van der Waals surface area contributed by atoms with Crippen molar-refractivity contribution >= 4 is 23.3 Å². The number of nitrogens with one attached hydrogen (secondary N) is 1. The maximum atomic E-state index is 12.3. The highest BCUT2D eigenvalue weighted by Gasteiger charge is 2.21. The van der Waals surface area contributed by atoms with E-state index in [1.165, 1.54) is 26.2 Å². The van der Waals surface area contributed by atoms with Crippen molar-refractivity contribution in [2.45, 2.75) is 26.4 Å². The monoisotopic (exact) mass is 402 g/mol. The van der Waals surface area contributed by atoms with Crippen LogP contribution in [0.5, 0.6) is 11.5 Å². The number of carbonyl (C=O) groups is 2. The van der Waals surface area contributed by atoms with Gasteiger partial charge in [0.1, 0.15) is 11.5 Å². The molecule has 0 aliphatic carbocycles. The first-order valence-corrected chi connectivity index (χ1v) is 8.88. The highest BCUT2D eigenvalue weighted by atomic mass is 16.6. The lowest BCUT2D eigenvalue weighted by molar-refractivity contribution is -0.384. The molecule has 1 unspecified atom stereocenters. The van der Waals surface area contributed by atoms with Crippen LogP contribution < -0.4 is 14.8 Å². The van der Waals surface area contributed by atoms with Gasteiger partial charge in [-0.05, 0) is 37.1 Å². The predicted molar refractivity (Wildman–Crippen MR) is 105 cm³/mol. The smallest absolute Gasteiger partial charge is 0.344 e. The maximum Gasteiger partial charge on any atom is 0.344 e. The lowest BCUT2D eigenvalue weighted by atomic mass is 10.2. The number of carbonyl (C=O) groups excluding carboxylic acids is 2. The summed E-state index contributed by atoms with van der Waals surface area (Å²) in [5.74, 6) is -0.637. The summed E-state index contributed by atoms with van der Waals surface area (Å²) in [4.78, 5) is 34.5. The minimum atomic E-state index is -1.14. The van der Waals surface area contributed by atoms with Crippen LogP contribution in [0.1, 0.15) is 19.4 Å². The van der Waals surface area contributed by atoms with Crippen molar-refractivity contribution in [3.63, 3.8) is 0 Å². The summed E-state index contributed by atoms with van der Waals surface area (Å²) in [6, 6.07) is 11.1. The van der Waals surface area contributed by atoms with E-state index in [9.17, 15) is 19.7 Å². The van der Waals surface area contributed by atoms with Crippen molar-refractivity contribution in [1.82, 2.24) is 0 Å². The fraction of sp³-hybridized carbons (Fsp3) is 0.300. The van der Waals surface area contributed by atoms with Crippen LogP contribution in [-0.2, 0) is 20.7 Å². The maximum absolute atomic E-state index is 12.3. The van der Waals surface area contributed by atoms with Crippen LogP contribution in [-0.4, -0.2) is 36.6 Å². The lowest BCUT2D eigenvalue weighted by Crippen LogP contribution is -2.31. The molecular weight excluding hydrogens is 380 g/mol. The molecule has 1 amide bonds. The van der Waals surface area contributed by atoms with E-state index in [1.807, 2.05) is 19.1 Å². The molecule has 1 atom stereocenters. The van der Waals surface area contributed by atoms with Gasteiger partial charge >= 0.3 is 5.97 Å². The van der Waals surface area contributed by atoms with Gasteiger partial charge in [0.15, 0.2) is 12.7 Å². The predicted octanol–water partition coefficient (Wildman–Crippen LogP) is 3.12. The van der Waals surface area contributed by atoms with E-state index in [0.29, 0.717) is 5.75 Å². The molecule has 0 aromatic heterocycles. The Morgan fingerprint density at radius 3 is 2.45 bits per heavy atom. The SMILES string of the molecule is CCc1ccc(OCC(=O)OC(C)C(=O)Nc2cc([N+](=O)[O-])ccc2OC)cc1. The number of esters is 1. The summed E-state index contributed by atoms with van der Waals surface area (Å²) in [6.45, 7) is 3.05. The minimum Gasteiger partial charge on any atom is -0.495 e. The molecule has 9 heteroatoms. The number of hydrogen-bond acceptors (Lipinski definition) is 7. The van der Waals surface area contributed by atoms with Crippen molar-refractivity contribution in [1.29, 1.82) is 0 Å². The summed E-state index contributed by atoms with van der Waals surface area (Å²) in [5, 5.41) is 13.4. The van der Waals surface area contributed by atoms with Gasteiger partial charge in [0.2, 0.25) is 0 Å². The number of methoxy groups -OCH3 is 1. The Morgan fingerprint density at radius 1 is 1.17 bits per heavy atom. The highest BCUT2D eigenvalue weighted by Crippen LogP contribution is 2.29. The van der Waals surface area contributed by atoms with Crippen LogP contribution >= 0.6 is 0 Å². The molecule has 9 nitrogen and oxygen atoms in total. The molecule has 2 rings (SSSR count). The van der Waals surface area contributed by atoms with E-state index in [0.717, 1.165) is 18.1 Å². The number of nitro benzene ring substituents is 1. The zero-order valence-corrected chi connectivity index (χ0v) is 16.3. The van der Waals surface area contributed by atoms with Crippen LogP contribution in [0.15, 0.2) is 42.5 Å². The second kappa shape index (κ2) is 10.1. The highest BCUT2D eigenvalue weighted by molar-refractivity contribution is 5.96. The average molecular weight is 402 g/mol. The summed E-state index contributed by atoms with van der Waals surface area (Å²) in [7, 11) is 1.37. The molecular formula is C20H22N2O7. The minimum absolute atomic E-state index is 0.0989. The van der Waals surface area contributed by atoms with Crippen LogP contribution in [0.25, 0.3) is 0 Å². The zero-order chi connectivity index (χ0) is 21.4. The molecule has 2 aromatic carbocycles. The Labute approximate surface area is 167 Å². The van der Waals surface area contributed by atoms with Gasteiger partial charge in [-0.1, -0.05) is 19.1 Å². The number of nitro groups is 1. The van der Waals surface area contributed by atoms with Crippen molar-refractivity contribution in [2.24, 2.45) is 0 Å². The first-order valence-electron chi connectivity index (χ1n) is 8.88. The molecule has 0 aliphatic heterocycles. The molecule has 0 saturated carbocycles. The number of nitrogens with zero attached hydrogens (tertiary/aromatic N) is 1. The van der Waals surface area contributed by atoms with E-state index in [-0.39, 0.29) is 23.7 Å².